The molecule has 88 valence electrons. The maximum atomic E-state index is 11.7. The minimum atomic E-state index is -0.350. The van der Waals surface area contributed by atoms with Crippen LogP contribution in [-0.4, -0.2) is 16.9 Å². The second-order valence-corrected chi connectivity index (χ2v) is 4.42. The summed E-state index contributed by atoms with van der Waals surface area (Å²) in [5, 5.41) is 2.81. The maximum Gasteiger partial charge on any atom is 0.260 e. The monoisotopic (exact) mass is 222 g/mol. The largest absolute Gasteiger partial charge is 0.349 e. The van der Waals surface area contributed by atoms with Crippen LogP contribution in [0.15, 0.2) is 23.1 Å². The van der Waals surface area contributed by atoms with Crippen molar-refractivity contribution in [1.29, 1.82) is 0 Å². The second kappa shape index (κ2) is 5.49. The van der Waals surface area contributed by atoms with Crippen molar-refractivity contribution in [1.82, 2.24) is 10.3 Å². The first-order valence-corrected chi connectivity index (χ1v) is 5.49. The van der Waals surface area contributed by atoms with Gasteiger partial charge < -0.3 is 10.3 Å². The highest BCUT2D eigenvalue weighted by atomic mass is 16.2. The van der Waals surface area contributed by atoms with Gasteiger partial charge in [-0.25, -0.2) is 0 Å². The summed E-state index contributed by atoms with van der Waals surface area (Å²) >= 11 is 0. The normalized spacial score (nSPS) is 12.5. The van der Waals surface area contributed by atoms with Crippen molar-refractivity contribution in [2.75, 3.05) is 0 Å². The molecule has 1 heterocycles. The summed E-state index contributed by atoms with van der Waals surface area (Å²) in [6.45, 7) is 6.13. The fraction of sp³-hybridized carbons (Fsp3) is 0.500. The van der Waals surface area contributed by atoms with E-state index in [4.69, 9.17) is 0 Å². The summed E-state index contributed by atoms with van der Waals surface area (Å²) in [4.78, 5) is 25.6. The number of carbonyl (C=O) groups is 1. The van der Waals surface area contributed by atoms with Crippen LogP contribution in [0.3, 0.4) is 0 Å². The molecule has 4 nitrogen and oxygen atoms in total. The van der Waals surface area contributed by atoms with Crippen LogP contribution >= 0.6 is 0 Å². The van der Waals surface area contributed by atoms with Gasteiger partial charge in [0.2, 0.25) is 0 Å². The number of aromatic amines is 1. The number of amides is 1. The van der Waals surface area contributed by atoms with Gasteiger partial charge in [0.25, 0.3) is 11.5 Å². The summed E-state index contributed by atoms with van der Waals surface area (Å²) in [5.74, 6) is 0.208. The Morgan fingerprint density at radius 3 is 2.69 bits per heavy atom. The Kier molecular flexibility index (Phi) is 4.28. The van der Waals surface area contributed by atoms with Crippen LogP contribution in [0.2, 0.25) is 0 Å². The van der Waals surface area contributed by atoms with Crippen LogP contribution < -0.4 is 10.9 Å². The fourth-order valence-corrected chi connectivity index (χ4v) is 1.67. The third-order valence-corrected chi connectivity index (χ3v) is 2.27. The van der Waals surface area contributed by atoms with Crippen molar-refractivity contribution in [3.05, 3.63) is 34.2 Å². The number of rotatable bonds is 4. The first-order chi connectivity index (χ1) is 7.50. The zero-order valence-corrected chi connectivity index (χ0v) is 9.91. The highest BCUT2D eigenvalue weighted by molar-refractivity contribution is 5.93. The van der Waals surface area contributed by atoms with E-state index in [1.54, 1.807) is 6.07 Å². The van der Waals surface area contributed by atoms with Crippen LogP contribution in [-0.2, 0) is 0 Å². The van der Waals surface area contributed by atoms with E-state index in [0.717, 1.165) is 6.42 Å². The molecule has 0 bridgehead atoms. The molecule has 0 spiro atoms. The Morgan fingerprint density at radius 2 is 2.12 bits per heavy atom. The Morgan fingerprint density at radius 1 is 1.44 bits per heavy atom. The smallest absolute Gasteiger partial charge is 0.260 e. The quantitative estimate of drug-likeness (QED) is 0.811. The third kappa shape index (κ3) is 3.53. The van der Waals surface area contributed by atoms with Gasteiger partial charge in [0.15, 0.2) is 0 Å². The lowest BCUT2D eigenvalue weighted by atomic mass is 10.1. The molecule has 1 aromatic rings. The summed E-state index contributed by atoms with van der Waals surface area (Å²) in [6.07, 6.45) is 2.41. The Balaban J connectivity index is 2.66. The second-order valence-electron chi connectivity index (χ2n) is 4.42. The molecule has 1 rings (SSSR count). The van der Waals surface area contributed by atoms with Gasteiger partial charge >= 0.3 is 0 Å². The molecule has 2 N–H and O–H groups in total. The van der Waals surface area contributed by atoms with E-state index < -0.39 is 0 Å². The predicted octanol–water partition coefficient (Wildman–Crippen LogP) is 1.54. The van der Waals surface area contributed by atoms with Crippen LogP contribution in [0.5, 0.6) is 0 Å². The number of H-pyrrole nitrogens is 1. The van der Waals surface area contributed by atoms with Crippen molar-refractivity contribution in [2.24, 2.45) is 5.92 Å². The number of hydrogen-bond donors (Lipinski definition) is 2. The van der Waals surface area contributed by atoms with Crippen LogP contribution in [0.1, 0.15) is 37.6 Å². The van der Waals surface area contributed by atoms with Crippen molar-refractivity contribution in [2.45, 2.75) is 33.2 Å². The number of carbonyl (C=O) groups excluding carboxylic acids is 1. The molecule has 1 aromatic heterocycles. The Labute approximate surface area is 95.1 Å². The van der Waals surface area contributed by atoms with Gasteiger partial charge in [-0.1, -0.05) is 13.8 Å². The van der Waals surface area contributed by atoms with Gasteiger partial charge in [0.05, 0.1) is 0 Å². The zero-order chi connectivity index (χ0) is 12.1. The molecule has 0 aliphatic rings. The van der Waals surface area contributed by atoms with E-state index in [1.807, 2.05) is 6.92 Å². The van der Waals surface area contributed by atoms with E-state index in [2.05, 4.69) is 24.1 Å². The lowest BCUT2D eigenvalue weighted by molar-refractivity contribution is 0.0934. The van der Waals surface area contributed by atoms with E-state index in [9.17, 15) is 9.59 Å². The fourth-order valence-electron chi connectivity index (χ4n) is 1.67. The Hall–Kier alpha value is -1.58. The van der Waals surface area contributed by atoms with Gasteiger partial charge in [-0.3, -0.25) is 9.59 Å². The predicted molar refractivity (Wildman–Crippen MR) is 63.4 cm³/mol. The summed E-state index contributed by atoms with van der Waals surface area (Å²) in [7, 11) is 0. The molecule has 1 atom stereocenters. The van der Waals surface area contributed by atoms with Gasteiger partial charge in [-0.2, -0.15) is 0 Å². The minimum Gasteiger partial charge on any atom is -0.349 e. The third-order valence-electron chi connectivity index (χ3n) is 2.27. The van der Waals surface area contributed by atoms with Gasteiger partial charge in [0.1, 0.15) is 5.56 Å². The lowest BCUT2D eigenvalue weighted by Crippen LogP contribution is -2.36. The van der Waals surface area contributed by atoms with Crippen LogP contribution in [0.4, 0.5) is 0 Å². The van der Waals surface area contributed by atoms with Gasteiger partial charge in [-0.05, 0) is 31.4 Å². The molecule has 0 aromatic carbocycles. The zero-order valence-electron chi connectivity index (χ0n) is 9.91. The number of pyridine rings is 1. The molecule has 0 saturated heterocycles. The molecule has 1 amide bonds. The van der Waals surface area contributed by atoms with E-state index in [0.29, 0.717) is 5.92 Å². The van der Waals surface area contributed by atoms with Gasteiger partial charge in [0, 0.05) is 12.2 Å². The van der Waals surface area contributed by atoms with Crippen molar-refractivity contribution >= 4 is 5.91 Å². The highest BCUT2D eigenvalue weighted by Gasteiger charge is 2.13. The van der Waals surface area contributed by atoms with Crippen LogP contribution in [0.25, 0.3) is 0 Å². The van der Waals surface area contributed by atoms with Crippen molar-refractivity contribution in [3.63, 3.8) is 0 Å². The standard InChI is InChI=1S/C12H18N2O2/c1-8(2)7-9(3)14-12(16)10-5-4-6-13-11(10)15/h4-6,8-9H,7H2,1-3H3,(H,13,15)(H,14,16). The van der Waals surface area contributed by atoms with E-state index in [1.165, 1.54) is 12.3 Å². The average molecular weight is 222 g/mol. The summed E-state index contributed by atoms with van der Waals surface area (Å²) in [5.41, 5.74) is -0.185. The maximum absolute atomic E-state index is 11.7. The molecule has 0 aliphatic carbocycles. The summed E-state index contributed by atoms with van der Waals surface area (Å²) in [6, 6.07) is 3.24. The number of aromatic nitrogens is 1. The number of hydrogen-bond acceptors (Lipinski definition) is 2. The Bertz CT molecular complexity index is 409. The van der Waals surface area contributed by atoms with E-state index >= 15 is 0 Å². The first kappa shape index (κ1) is 12.5. The summed E-state index contributed by atoms with van der Waals surface area (Å²) < 4.78 is 0. The van der Waals surface area contributed by atoms with Crippen molar-refractivity contribution < 1.29 is 4.79 Å². The topological polar surface area (TPSA) is 62.0 Å². The number of nitrogens with one attached hydrogen (secondary N) is 2. The molecule has 4 heteroatoms. The molecule has 0 radical (unpaired) electrons. The van der Waals surface area contributed by atoms with Crippen molar-refractivity contribution in [3.8, 4) is 0 Å². The van der Waals surface area contributed by atoms with E-state index in [-0.39, 0.29) is 23.1 Å². The van der Waals surface area contributed by atoms with Crippen LogP contribution in [0, 0.1) is 5.92 Å². The lowest BCUT2D eigenvalue weighted by Gasteiger charge is -2.15. The molecule has 0 fully saturated rings. The first-order valence-electron chi connectivity index (χ1n) is 5.49. The molecule has 16 heavy (non-hydrogen) atoms. The average Bonchev–Trinajstić information content (AvgIpc) is 2.16. The molecular weight excluding hydrogens is 204 g/mol. The minimum absolute atomic E-state index is 0.0760. The SMILES string of the molecule is CC(C)CC(C)NC(=O)c1ccc[nH]c1=O. The molecule has 1 unspecified atom stereocenters. The molecule has 0 aliphatic heterocycles. The highest BCUT2D eigenvalue weighted by Crippen LogP contribution is 2.04. The molecular formula is C12H18N2O2. The van der Waals surface area contributed by atoms with Gasteiger partial charge in [-0.15, -0.1) is 0 Å². The molecule has 0 saturated carbocycles.